The molecule has 0 saturated carbocycles. The highest BCUT2D eigenvalue weighted by Crippen LogP contribution is 1.94. The molecule has 2 N–H and O–H groups in total. The van der Waals surface area contributed by atoms with E-state index in [1.54, 1.807) is 0 Å². The molecule has 10 heavy (non-hydrogen) atoms. The van der Waals surface area contributed by atoms with Crippen LogP contribution in [0.25, 0.3) is 0 Å². The van der Waals surface area contributed by atoms with E-state index in [0.717, 1.165) is 6.07 Å². The lowest BCUT2D eigenvalue weighted by Crippen LogP contribution is -2.18. The van der Waals surface area contributed by atoms with Gasteiger partial charge in [-0.1, -0.05) is 0 Å². The summed E-state index contributed by atoms with van der Waals surface area (Å²) in [7, 11) is 0. The number of nitrogens with zero attached hydrogens (tertiary/aromatic N) is 1. The Bertz CT molecular complexity index is 309. The van der Waals surface area contributed by atoms with Crippen LogP contribution in [0.5, 0.6) is 0 Å². The van der Waals surface area contributed by atoms with Gasteiger partial charge in [-0.15, -0.1) is 4.74 Å². The first-order chi connectivity index (χ1) is 4.61. The third kappa shape index (κ3) is 0.928. The fourth-order valence-electron chi connectivity index (χ4n) is 0.577. The smallest absolute Gasteiger partial charge is 0.292 e. The minimum Gasteiger partial charge on any atom is -0.368 e. The van der Waals surface area contributed by atoms with Gasteiger partial charge in [0.25, 0.3) is 11.5 Å². The first-order valence-corrected chi connectivity index (χ1v) is 2.61. The van der Waals surface area contributed by atoms with Crippen molar-refractivity contribution in [3.8, 4) is 0 Å². The number of hydrogen-bond acceptors (Lipinski definition) is 4. The molecular weight excluding hydrogens is 136 g/mol. The van der Waals surface area contributed by atoms with Crippen molar-refractivity contribution in [1.29, 1.82) is 0 Å². The average Bonchev–Trinajstić information content (AvgIpc) is 2.10. The van der Waals surface area contributed by atoms with Gasteiger partial charge in [-0.2, -0.15) is 0 Å². The van der Waals surface area contributed by atoms with Crippen molar-refractivity contribution in [1.82, 2.24) is 4.74 Å². The number of hydrogen-bond donors (Lipinski definition) is 1. The number of carbonyl (C=O) groups is 1. The van der Waals surface area contributed by atoms with Crippen LogP contribution in [0.15, 0.2) is 15.4 Å². The Morgan fingerprint density at radius 2 is 2.40 bits per heavy atom. The average molecular weight is 142 g/mol. The third-order valence-electron chi connectivity index (χ3n) is 0.949. The fraction of sp³-hybridized carbons (Fsp3) is 0.200. The van der Waals surface area contributed by atoms with Crippen molar-refractivity contribution < 1.29 is 9.32 Å². The summed E-state index contributed by atoms with van der Waals surface area (Å²) in [6.45, 7) is 1.21. The van der Waals surface area contributed by atoms with Crippen molar-refractivity contribution in [2.45, 2.75) is 6.92 Å². The Labute approximate surface area is 56.0 Å². The van der Waals surface area contributed by atoms with Gasteiger partial charge in [0.2, 0.25) is 5.88 Å². The lowest BCUT2D eigenvalue weighted by Gasteiger charge is -1.87. The molecule has 1 aromatic heterocycles. The van der Waals surface area contributed by atoms with Crippen LogP contribution in [0.1, 0.15) is 11.7 Å². The second-order valence-corrected chi connectivity index (χ2v) is 1.79. The molecule has 0 aromatic carbocycles. The summed E-state index contributed by atoms with van der Waals surface area (Å²) in [6, 6.07) is 1.04. The van der Waals surface area contributed by atoms with Gasteiger partial charge in [0.05, 0.1) is 6.07 Å². The minimum absolute atomic E-state index is 0.0554. The van der Waals surface area contributed by atoms with E-state index in [9.17, 15) is 9.59 Å². The van der Waals surface area contributed by atoms with Gasteiger partial charge in [0.15, 0.2) is 0 Å². The minimum atomic E-state index is -0.537. The topological polar surface area (TPSA) is 78.2 Å². The molecule has 5 nitrogen and oxygen atoms in total. The van der Waals surface area contributed by atoms with Crippen LogP contribution in [0.3, 0.4) is 0 Å². The highest BCUT2D eigenvalue weighted by Gasteiger charge is 2.05. The van der Waals surface area contributed by atoms with E-state index in [-0.39, 0.29) is 5.88 Å². The summed E-state index contributed by atoms with van der Waals surface area (Å²) in [5.41, 5.74) is 4.54. The quantitative estimate of drug-likeness (QED) is 0.538. The maximum Gasteiger partial charge on any atom is 0.292 e. The van der Waals surface area contributed by atoms with E-state index in [1.807, 2.05) is 0 Å². The Kier molecular flexibility index (Phi) is 1.33. The van der Waals surface area contributed by atoms with Gasteiger partial charge < -0.3 is 10.3 Å². The molecule has 0 spiro atoms. The molecule has 54 valence electrons. The summed E-state index contributed by atoms with van der Waals surface area (Å²) in [5, 5.41) is 0. The summed E-state index contributed by atoms with van der Waals surface area (Å²) < 4.78 is 5.10. The fourth-order valence-corrected chi connectivity index (χ4v) is 0.577. The van der Waals surface area contributed by atoms with Crippen LogP contribution in [-0.2, 0) is 0 Å². The lowest BCUT2D eigenvalue weighted by molar-refractivity contribution is 0.0820. The van der Waals surface area contributed by atoms with Crippen molar-refractivity contribution in [3.63, 3.8) is 0 Å². The molecule has 0 fully saturated rings. The van der Waals surface area contributed by atoms with Crippen LogP contribution < -0.4 is 11.3 Å². The molecule has 0 aliphatic rings. The van der Waals surface area contributed by atoms with E-state index < -0.39 is 11.5 Å². The molecule has 0 saturated heterocycles. The predicted molar refractivity (Wildman–Crippen MR) is 33.7 cm³/mol. The molecule has 1 heterocycles. The van der Waals surface area contributed by atoms with E-state index in [2.05, 4.69) is 4.52 Å². The molecule has 0 bridgehead atoms. The SMILES string of the molecule is CC(=O)n1oc(N)cc1=O. The second-order valence-electron chi connectivity index (χ2n) is 1.79. The second kappa shape index (κ2) is 2.02. The Hall–Kier alpha value is -1.52. The van der Waals surface area contributed by atoms with Crippen molar-refractivity contribution >= 4 is 11.8 Å². The van der Waals surface area contributed by atoms with E-state index in [0.29, 0.717) is 4.74 Å². The molecule has 1 rings (SSSR count). The number of nitrogens with two attached hydrogens (primary N) is 1. The number of rotatable bonds is 0. The zero-order valence-corrected chi connectivity index (χ0v) is 5.33. The monoisotopic (exact) mass is 142 g/mol. The van der Waals surface area contributed by atoms with E-state index in [4.69, 9.17) is 5.73 Å². The van der Waals surface area contributed by atoms with E-state index in [1.165, 1.54) is 6.92 Å². The van der Waals surface area contributed by atoms with E-state index >= 15 is 0 Å². The molecule has 0 atom stereocenters. The molecule has 5 heteroatoms. The van der Waals surface area contributed by atoms with Crippen molar-refractivity contribution in [2.75, 3.05) is 5.73 Å². The maximum absolute atomic E-state index is 10.6. The van der Waals surface area contributed by atoms with Gasteiger partial charge >= 0.3 is 0 Å². The van der Waals surface area contributed by atoms with Crippen molar-refractivity contribution in [2.24, 2.45) is 0 Å². The van der Waals surface area contributed by atoms with Crippen LogP contribution in [0.4, 0.5) is 5.88 Å². The van der Waals surface area contributed by atoms with Gasteiger partial charge in [0.1, 0.15) is 0 Å². The Morgan fingerprint density at radius 3 is 2.60 bits per heavy atom. The lowest BCUT2D eigenvalue weighted by atomic mass is 10.6. The first-order valence-electron chi connectivity index (χ1n) is 2.61. The highest BCUT2D eigenvalue weighted by atomic mass is 16.5. The zero-order valence-electron chi connectivity index (χ0n) is 5.33. The van der Waals surface area contributed by atoms with Crippen molar-refractivity contribution in [3.05, 3.63) is 16.4 Å². The number of aromatic nitrogens is 1. The number of carbonyl (C=O) groups excluding carboxylic acids is 1. The standard InChI is InChI=1S/C5H6N2O3/c1-3(8)7-5(9)2-4(6)10-7/h2H,6H2,1H3. The third-order valence-corrected chi connectivity index (χ3v) is 0.949. The Morgan fingerprint density at radius 1 is 1.80 bits per heavy atom. The molecule has 0 aliphatic heterocycles. The molecule has 0 unspecified atom stereocenters. The number of anilines is 1. The molecule has 0 amide bonds. The largest absolute Gasteiger partial charge is 0.368 e. The summed E-state index contributed by atoms with van der Waals surface area (Å²) >= 11 is 0. The molecule has 0 radical (unpaired) electrons. The Balaban J connectivity index is 3.29. The van der Waals surface area contributed by atoms with Crippen LogP contribution in [0, 0.1) is 0 Å². The maximum atomic E-state index is 10.6. The summed E-state index contributed by atoms with van der Waals surface area (Å²) in [4.78, 5) is 21.1. The van der Waals surface area contributed by atoms with Gasteiger partial charge in [-0.3, -0.25) is 9.59 Å². The molecule has 1 aromatic rings. The number of nitrogen functional groups attached to an aromatic ring is 1. The molecular formula is C5H6N2O3. The van der Waals surface area contributed by atoms with Gasteiger partial charge in [-0.25, -0.2) is 0 Å². The van der Waals surface area contributed by atoms with Gasteiger partial charge in [-0.05, 0) is 0 Å². The van der Waals surface area contributed by atoms with Crippen LogP contribution in [-0.4, -0.2) is 10.6 Å². The van der Waals surface area contributed by atoms with Crippen LogP contribution >= 0.6 is 0 Å². The highest BCUT2D eigenvalue weighted by molar-refractivity contribution is 5.74. The van der Waals surface area contributed by atoms with Crippen LogP contribution in [0.2, 0.25) is 0 Å². The predicted octanol–water partition coefficient (Wildman–Crippen LogP) is -0.316. The van der Waals surface area contributed by atoms with Gasteiger partial charge in [0, 0.05) is 6.92 Å². The summed E-state index contributed by atoms with van der Waals surface area (Å²) in [6.07, 6.45) is 0. The first kappa shape index (κ1) is 6.60. The normalized spacial score (nSPS) is 9.70. The zero-order chi connectivity index (χ0) is 7.72. The molecule has 0 aliphatic carbocycles. The summed E-state index contributed by atoms with van der Waals surface area (Å²) in [5.74, 6) is -0.540.